The van der Waals surface area contributed by atoms with Gasteiger partial charge in [-0.1, -0.05) is 72.3 Å². The number of aromatic nitrogens is 2. The van der Waals surface area contributed by atoms with Crippen molar-refractivity contribution in [2.24, 2.45) is 0 Å². The van der Waals surface area contributed by atoms with Gasteiger partial charge in [0.2, 0.25) is 0 Å². The van der Waals surface area contributed by atoms with E-state index >= 15 is 0 Å². The summed E-state index contributed by atoms with van der Waals surface area (Å²) < 4.78 is 2.21. The Hall–Kier alpha value is -3.10. The van der Waals surface area contributed by atoms with Gasteiger partial charge in [0.25, 0.3) is 0 Å². The van der Waals surface area contributed by atoms with Gasteiger partial charge in [-0.3, -0.25) is 4.57 Å². The largest absolute Gasteiger partial charge is 0.292 e. The van der Waals surface area contributed by atoms with Crippen molar-refractivity contribution in [3.63, 3.8) is 0 Å². The van der Waals surface area contributed by atoms with E-state index in [4.69, 9.17) is 16.6 Å². The van der Waals surface area contributed by atoms with Gasteiger partial charge in [0.1, 0.15) is 5.82 Å². The van der Waals surface area contributed by atoms with Crippen LogP contribution < -0.4 is 0 Å². The second kappa shape index (κ2) is 6.01. The molecule has 1 heterocycles. The average Bonchev–Trinajstić information content (AvgIpc) is 3.07. The van der Waals surface area contributed by atoms with Crippen LogP contribution >= 0.6 is 11.6 Å². The van der Waals surface area contributed by atoms with Crippen LogP contribution in [0, 0.1) is 0 Å². The molecule has 0 aliphatic heterocycles. The van der Waals surface area contributed by atoms with Crippen LogP contribution in [0.25, 0.3) is 38.9 Å². The third kappa shape index (κ3) is 2.31. The maximum atomic E-state index is 6.51. The van der Waals surface area contributed by atoms with Crippen LogP contribution in [0.1, 0.15) is 0 Å². The number of nitrogens with zero attached hydrogens (tertiary/aromatic N) is 2. The van der Waals surface area contributed by atoms with Gasteiger partial charge in [-0.25, -0.2) is 4.98 Å². The number of halogens is 1. The van der Waals surface area contributed by atoms with Gasteiger partial charge >= 0.3 is 0 Å². The molecule has 4 aromatic carbocycles. The zero-order chi connectivity index (χ0) is 17.5. The Morgan fingerprint density at radius 2 is 1.42 bits per heavy atom. The van der Waals surface area contributed by atoms with E-state index in [1.807, 2.05) is 42.5 Å². The van der Waals surface area contributed by atoms with Crippen LogP contribution in [0.15, 0.2) is 91.0 Å². The molecule has 0 radical (unpaired) electrons. The number of imidazole rings is 1. The summed E-state index contributed by atoms with van der Waals surface area (Å²) in [6, 6.07) is 30.8. The van der Waals surface area contributed by atoms with Crippen LogP contribution in [-0.4, -0.2) is 9.55 Å². The first-order valence-corrected chi connectivity index (χ1v) is 8.91. The Morgan fingerprint density at radius 3 is 2.35 bits per heavy atom. The van der Waals surface area contributed by atoms with Crippen molar-refractivity contribution in [3.8, 4) is 17.1 Å². The number of fused-ring (bicyclic) bond motifs is 2. The highest BCUT2D eigenvalue weighted by Gasteiger charge is 2.17. The van der Waals surface area contributed by atoms with E-state index < -0.39 is 0 Å². The van der Waals surface area contributed by atoms with Crippen LogP contribution in [-0.2, 0) is 0 Å². The molecule has 0 bridgehead atoms. The average molecular weight is 355 g/mol. The predicted octanol–water partition coefficient (Wildman–Crippen LogP) is 6.50. The van der Waals surface area contributed by atoms with E-state index in [1.54, 1.807) is 0 Å². The highest BCUT2D eigenvalue weighted by Crippen LogP contribution is 2.34. The lowest BCUT2D eigenvalue weighted by Gasteiger charge is -2.13. The second-order valence-corrected chi connectivity index (χ2v) is 6.64. The molecule has 0 saturated heterocycles. The molecule has 0 unspecified atom stereocenters. The van der Waals surface area contributed by atoms with Crippen LogP contribution in [0.2, 0.25) is 5.02 Å². The smallest absolute Gasteiger partial charge is 0.147 e. The Bertz CT molecular complexity index is 1250. The lowest BCUT2D eigenvalue weighted by Crippen LogP contribution is -1.99. The minimum atomic E-state index is 0.698. The molecule has 0 aliphatic rings. The van der Waals surface area contributed by atoms with Crippen molar-refractivity contribution >= 4 is 33.4 Å². The van der Waals surface area contributed by atoms with Crippen LogP contribution in [0.5, 0.6) is 0 Å². The first kappa shape index (κ1) is 15.2. The van der Waals surface area contributed by atoms with E-state index in [0.717, 1.165) is 28.1 Å². The van der Waals surface area contributed by atoms with E-state index in [-0.39, 0.29) is 0 Å². The summed E-state index contributed by atoms with van der Waals surface area (Å²) >= 11 is 6.51. The van der Waals surface area contributed by atoms with E-state index in [1.165, 1.54) is 10.8 Å². The summed E-state index contributed by atoms with van der Waals surface area (Å²) in [5.74, 6) is 0.855. The summed E-state index contributed by atoms with van der Waals surface area (Å²) in [4.78, 5) is 4.91. The van der Waals surface area contributed by atoms with Gasteiger partial charge < -0.3 is 0 Å². The van der Waals surface area contributed by atoms with Crippen LogP contribution in [0.3, 0.4) is 0 Å². The van der Waals surface area contributed by atoms with E-state index in [9.17, 15) is 0 Å². The van der Waals surface area contributed by atoms with Crippen molar-refractivity contribution in [1.82, 2.24) is 9.55 Å². The van der Waals surface area contributed by atoms with Gasteiger partial charge in [0, 0.05) is 10.9 Å². The van der Waals surface area contributed by atoms with Gasteiger partial charge in [-0.2, -0.15) is 0 Å². The Balaban J connectivity index is 1.93. The predicted molar refractivity (Wildman–Crippen MR) is 109 cm³/mol. The number of rotatable bonds is 2. The normalized spacial score (nSPS) is 11.3. The highest BCUT2D eigenvalue weighted by molar-refractivity contribution is 6.33. The first-order valence-electron chi connectivity index (χ1n) is 8.53. The number of hydrogen-bond donors (Lipinski definition) is 0. The standard InChI is InChI=1S/C23H15ClN2/c24-19-12-4-3-11-18(19)23-25-20-13-5-6-14-22(20)26(23)21-15-7-9-16-8-1-2-10-17(16)21/h1-15H. The molecule has 1 aromatic heterocycles. The molecule has 0 aliphatic carbocycles. The van der Waals surface area contributed by atoms with Crippen molar-refractivity contribution in [2.75, 3.05) is 0 Å². The van der Waals surface area contributed by atoms with E-state index in [2.05, 4.69) is 53.1 Å². The SMILES string of the molecule is Clc1ccccc1-c1nc2ccccc2n1-c1cccc2ccccc12. The molecule has 0 atom stereocenters. The van der Waals surface area contributed by atoms with Gasteiger partial charge in [-0.05, 0) is 35.7 Å². The fourth-order valence-corrected chi connectivity index (χ4v) is 3.72. The lowest BCUT2D eigenvalue weighted by molar-refractivity contribution is 1.11. The maximum absolute atomic E-state index is 6.51. The molecule has 0 spiro atoms. The molecular weight excluding hydrogens is 340 g/mol. The quantitative estimate of drug-likeness (QED) is 0.354. The highest BCUT2D eigenvalue weighted by atomic mass is 35.5. The molecular formula is C23H15ClN2. The van der Waals surface area contributed by atoms with E-state index in [0.29, 0.717) is 5.02 Å². The third-order valence-corrected chi connectivity index (χ3v) is 5.01. The molecule has 0 N–H and O–H groups in total. The topological polar surface area (TPSA) is 17.8 Å². The summed E-state index contributed by atoms with van der Waals surface area (Å²) in [5.41, 5.74) is 4.05. The molecule has 5 aromatic rings. The van der Waals surface area contributed by atoms with Gasteiger partial charge in [-0.15, -0.1) is 0 Å². The van der Waals surface area contributed by atoms with Crippen molar-refractivity contribution in [1.29, 1.82) is 0 Å². The maximum Gasteiger partial charge on any atom is 0.147 e. The van der Waals surface area contributed by atoms with Crippen molar-refractivity contribution in [2.45, 2.75) is 0 Å². The van der Waals surface area contributed by atoms with Crippen molar-refractivity contribution < 1.29 is 0 Å². The molecule has 0 saturated carbocycles. The fraction of sp³-hybridized carbons (Fsp3) is 0. The second-order valence-electron chi connectivity index (χ2n) is 6.24. The molecule has 3 heteroatoms. The summed E-state index contributed by atoms with van der Waals surface area (Å²) in [7, 11) is 0. The Labute approximate surface area is 156 Å². The number of benzene rings is 4. The third-order valence-electron chi connectivity index (χ3n) is 4.68. The van der Waals surface area contributed by atoms with Crippen LogP contribution in [0.4, 0.5) is 0 Å². The Morgan fingerprint density at radius 1 is 0.692 bits per heavy atom. The number of para-hydroxylation sites is 2. The van der Waals surface area contributed by atoms with Gasteiger partial charge in [0.05, 0.1) is 21.7 Å². The minimum absolute atomic E-state index is 0.698. The summed E-state index contributed by atoms with van der Waals surface area (Å²) in [5, 5.41) is 3.09. The monoisotopic (exact) mass is 354 g/mol. The first-order chi connectivity index (χ1) is 12.8. The summed E-state index contributed by atoms with van der Waals surface area (Å²) in [6.45, 7) is 0. The molecule has 124 valence electrons. The van der Waals surface area contributed by atoms with Crippen molar-refractivity contribution in [3.05, 3.63) is 96.0 Å². The zero-order valence-corrected chi connectivity index (χ0v) is 14.7. The minimum Gasteiger partial charge on any atom is -0.292 e. The fourth-order valence-electron chi connectivity index (χ4n) is 3.50. The lowest BCUT2D eigenvalue weighted by atomic mass is 10.1. The Kier molecular flexibility index (Phi) is 3.51. The molecule has 0 fully saturated rings. The molecule has 2 nitrogen and oxygen atoms in total. The molecule has 0 amide bonds. The summed E-state index contributed by atoms with van der Waals surface area (Å²) in [6.07, 6.45) is 0. The number of hydrogen-bond acceptors (Lipinski definition) is 1. The zero-order valence-electron chi connectivity index (χ0n) is 13.9. The molecule has 26 heavy (non-hydrogen) atoms. The molecule has 5 rings (SSSR count). The van der Waals surface area contributed by atoms with Gasteiger partial charge in [0.15, 0.2) is 0 Å².